The Balaban J connectivity index is 1.51. The van der Waals surface area contributed by atoms with Crippen molar-refractivity contribution in [3.63, 3.8) is 0 Å². The van der Waals surface area contributed by atoms with Crippen LogP contribution in [0.2, 0.25) is 0 Å². The van der Waals surface area contributed by atoms with Gasteiger partial charge in [0.25, 0.3) is 0 Å². The van der Waals surface area contributed by atoms with Crippen molar-refractivity contribution in [2.45, 2.75) is 91.8 Å². The molecule has 0 heterocycles. The van der Waals surface area contributed by atoms with Crippen LogP contribution < -0.4 is 0 Å². The van der Waals surface area contributed by atoms with Gasteiger partial charge in [0.15, 0.2) is 5.41 Å². The summed E-state index contributed by atoms with van der Waals surface area (Å²) in [4.78, 5) is 26.9. The molecule has 0 amide bonds. The van der Waals surface area contributed by atoms with Crippen LogP contribution in [0.3, 0.4) is 0 Å². The molecule has 4 rings (SSSR count). The van der Waals surface area contributed by atoms with Gasteiger partial charge in [-0.1, -0.05) is 34.6 Å². The third-order valence-electron chi connectivity index (χ3n) is 9.24. The van der Waals surface area contributed by atoms with E-state index in [9.17, 15) is 9.59 Å². The molecular formula is C24H38O4. The summed E-state index contributed by atoms with van der Waals surface area (Å²) < 4.78 is 12.2. The highest BCUT2D eigenvalue weighted by Gasteiger charge is 2.56. The molecule has 0 aromatic heterocycles. The molecule has 0 radical (unpaired) electrons. The van der Waals surface area contributed by atoms with Gasteiger partial charge in [0.2, 0.25) is 0 Å². The predicted molar refractivity (Wildman–Crippen MR) is 107 cm³/mol. The molecular weight excluding hydrogens is 352 g/mol. The second kappa shape index (κ2) is 7.32. The molecule has 0 saturated heterocycles. The monoisotopic (exact) mass is 390 g/mol. The zero-order valence-electron chi connectivity index (χ0n) is 18.3. The molecule has 4 aliphatic carbocycles. The molecule has 4 saturated carbocycles. The molecule has 158 valence electrons. The van der Waals surface area contributed by atoms with Crippen molar-refractivity contribution in [3.8, 4) is 0 Å². The zero-order chi connectivity index (χ0) is 20.2. The van der Waals surface area contributed by atoms with Crippen molar-refractivity contribution in [1.82, 2.24) is 0 Å². The van der Waals surface area contributed by atoms with Gasteiger partial charge in [-0.3, -0.25) is 9.59 Å². The maximum absolute atomic E-state index is 13.4. The fourth-order valence-corrected chi connectivity index (χ4v) is 7.17. The molecule has 0 N–H and O–H groups in total. The van der Waals surface area contributed by atoms with Gasteiger partial charge >= 0.3 is 11.9 Å². The topological polar surface area (TPSA) is 52.6 Å². The van der Waals surface area contributed by atoms with Gasteiger partial charge in [-0.15, -0.1) is 0 Å². The van der Waals surface area contributed by atoms with Crippen LogP contribution in [-0.2, 0) is 19.1 Å². The smallest absolute Gasteiger partial charge is 0.324 e. The number of carbonyl (C=O) groups is 2. The van der Waals surface area contributed by atoms with E-state index in [-0.39, 0.29) is 30.1 Å². The summed E-state index contributed by atoms with van der Waals surface area (Å²) in [7, 11) is 0. The minimum Gasteiger partial charge on any atom is -0.461 e. The Kier molecular flexibility index (Phi) is 5.29. The van der Waals surface area contributed by atoms with Crippen LogP contribution in [0.25, 0.3) is 0 Å². The Labute approximate surface area is 170 Å². The van der Waals surface area contributed by atoms with Crippen LogP contribution >= 0.6 is 0 Å². The van der Waals surface area contributed by atoms with E-state index < -0.39 is 5.41 Å². The maximum Gasteiger partial charge on any atom is 0.324 e. The molecule has 4 bridgehead atoms. The van der Waals surface area contributed by atoms with Crippen molar-refractivity contribution < 1.29 is 19.1 Å². The molecule has 0 spiro atoms. The molecule has 4 nitrogen and oxygen atoms in total. The van der Waals surface area contributed by atoms with Crippen LogP contribution in [0.15, 0.2) is 0 Å². The van der Waals surface area contributed by atoms with E-state index in [0.29, 0.717) is 41.9 Å². The summed E-state index contributed by atoms with van der Waals surface area (Å²) in [5, 5.41) is 0. The zero-order valence-corrected chi connectivity index (χ0v) is 18.3. The van der Waals surface area contributed by atoms with Crippen LogP contribution in [0.1, 0.15) is 79.6 Å². The van der Waals surface area contributed by atoms with Crippen molar-refractivity contribution in [1.29, 1.82) is 0 Å². The largest absolute Gasteiger partial charge is 0.461 e. The second-order valence-electron chi connectivity index (χ2n) is 10.6. The summed E-state index contributed by atoms with van der Waals surface area (Å²) in [6, 6.07) is 0. The van der Waals surface area contributed by atoms with Gasteiger partial charge in [-0.2, -0.15) is 0 Å². The molecule has 4 heteroatoms. The van der Waals surface area contributed by atoms with Crippen LogP contribution in [0.4, 0.5) is 0 Å². The minimum absolute atomic E-state index is 0.0230. The summed E-state index contributed by atoms with van der Waals surface area (Å²) >= 11 is 0. The number of carbonyl (C=O) groups excluding carboxylic acids is 2. The van der Waals surface area contributed by atoms with E-state index >= 15 is 0 Å². The van der Waals surface area contributed by atoms with Crippen LogP contribution in [0.5, 0.6) is 0 Å². The molecule has 0 aromatic carbocycles. The molecule has 0 aliphatic heterocycles. The lowest BCUT2D eigenvalue weighted by Gasteiger charge is -2.38. The molecule has 4 aliphatic rings. The number of hydrogen-bond acceptors (Lipinski definition) is 4. The highest BCUT2D eigenvalue weighted by molar-refractivity contribution is 6.00. The summed E-state index contributed by atoms with van der Waals surface area (Å²) in [5.41, 5.74) is -1.18. The Bertz CT molecular complexity index is 576. The third kappa shape index (κ3) is 2.92. The van der Waals surface area contributed by atoms with Crippen molar-refractivity contribution in [2.75, 3.05) is 0 Å². The molecule has 8 atom stereocenters. The number of esters is 2. The summed E-state index contributed by atoms with van der Waals surface area (Å²) in [5.74, 6) is 2.32. The fraction of sp³-hybridized carbons (Fsp3) is 0.917. The lowest BCUT2D eigenvalue weighted by Crippen LogP contribution is -2.49. The van der Waals surface area contributed by atoms with Crippen molar-refractivity contribution in [3.05, 3.63) is 0 Å². The SMILES string of the molecule is CCC(C(=O)OC1C2CCC(C2)C1C)(C(=O)OC1C2CCC(C2)C1C)C(C)C. The van der Waals surface area contributed by atoms with Gasteiger partial charge in [0, 0.05) is 0 Å². The number of hydrogen-bond donors (Lipinski definition) is 0. The van der Waals surface area contributed by atoms with Gasteiger partial charge in [0.1, 0.15) is 12.2 Å². The average Bonchev–Trinajstić information content (AvgIpc) is 3.41. The molecule has 4 fully saturated rings. The number of ether oxygens (including phenoxy) is 2. The maximum atomic E-state index is 13.4. The molecule has 0 aromatic rings. The lowest BCUT2D eigenvalue weighted by molar-refractivity contribution is -0.188. The normalized spacial score (nSPS) is 43.4. The number of rotatable bonds is 6. The highest BCUT2D eigenvalue weighted by Crippen LogP contribution is 2.52. The Morgan fingerprint density at radius 1 is 0.821 bits per heavy atom. The van der Waals surface area contributed by atoms with Gasteiger partial charge in [-0.05, 0) is 86.4 Å². The summed E-state index contributed by atoms with van der Waals surface area (Å²) in [6.07, 6.45) is 7.56. The van der Waals surface area contributed by atoms with Gasteiger partial charge < -0.3 is 9.47 Å². The van der Waals surface area contributed by atoms with Crippen molar-refractivity contribution >= 4 is 11.9 Å². The lowest BCUT2D eigenvalue weighted by atomic mass is 9.74. The van der Waals surface area contributed by atoms with E-state index in [1.807, 2.05) is 20.8 Å². The number of fused-ring (bicyclic) bond motifs is 4. The predicted octanol–water partition coefficient (Wildman–Crippen LogP) is 4.99. The third-order valence-corrected chi connectivity index (χ3v) is 9.24. The van der Waals surface area contributed by atoms with Crippen LogP contribution in [0, 0.1) is 46.8 Å². The Morgan fingerprint density at radius 3 is 1.50 bits per heavy atom. The quantitative estimate of drug-likeness (QED) is 0.473. The Hall–Kier alpha value is -1.06. The van der Waals surface area contributed by atoms with E-state index in [0.717, 1.165) is 12.8 Å². The second-order valence-corrected chi connectivity index (χ2v) is 10.6. The fourth-order valence-electron chi connectivity index (χ4n) is 7.17. The van der Waals surface area contributed by atoms with E-state index in [1.165, 1.54) is 25.7 Å². The first-order valence-electron chi connectivity index (χ1n) is 11.7. The van der Waals surface area contributed by atoms with Crippen LogP contribution in [-0.4, -0.2) is 24.1 Å². The minimum atomic E-state index is -1.18. The van der Waals surface area contributed by atoms with Gasteiger partial charge in [-0.25, -0.2) is 0 Å². The molecule has 28 heavy (non-hydrogen) atoms. The van der Waals surface area contributed by atoms with Crippen molar-refractivity contribution in [2.24, 2.45) is 46.8 Å². The van der Waals surface area contributed by atoms with E-state index in [1.54, 1.807) is 0 Å². The first-order chi connectivity index (χ1) is 13.3. The first kappa shape index (κ1) is 20.2. The van der Waals surface area contributed by atoms with E-state index in [4.69, 9.17) is 9.47 Å². The van der Waals surface area contributed by atoms with Gasteiger partial charge in [0.05, 0.1) is 0 Å². The molecule has 8 unspecified atom stereocenters. The first-order valence-corrected chi connectivity index (χ1v) is 11.7. The highest BCUT2D eigenvalue weighted by atomic mass is 16.6. The Morgan fingerprint density at radius 2 is 1.21 bits per heavy atom. The summed E-state index contributed by atoms with van der Waals surface area (Å²) in [6.45, 7) is 10.3. The van der Waals surface area contributed by atoms with E-state index in [2.05, 4.69) is 13.8 Å². The average molecular weight is 391 g/mol. The standard InChI is InChI=1S/C24H38O4/c1-6-24(13(2)3,22(25)27-20-14(4)16-7-9-18(20)11-16)23(26)28-21-15(5)17-8-10-19(21)12-17/h13-21H,6-12H2,1-5H3.